The molecule has 0 spiro atoms. The molecular weight excluding hydrogens is 332 g/mol. The van der Waals surface area contributed by atoms with Crippen LogP contribution in [0.1, 0.15) is 39.2 Å². The zero-order valence-electron chi connectivity index (χ0n) is 15.7. The van der Waals surface area contributed by atoms with Crippen LogP contribution < -0.4 is 4.74 Å². The zero-order valence-corrected chi connectivity index (χ0v) is 15.7. The number of rotatable bonds is 4. The van der Waals surface area contributed by atoms with Gasteiger partial charge in [-0.2, -0.15) is 0 Å². The number of ether oxygens (including phenoxy) is 3. The minimum Gasteiger partial charge on any atom is -0.487 e. The van der Waals surface area contributed by atoms with Crippen LogP contribution in [0.2, 0.25) is 0 Å². The molecule has 0 amide bonds. The summed E-state index contributed by atoms with van der Waals surface area (Å²) in [7, 11) is 0. The minimum atomic E-state index is -1.40. The molecule has 1 aromatic carbocycles. The molecule has 0 N–H and O–H groups in total. The lowest BCUT2D eigenvalue weighted by Crippen LogP contribution is -2.58. The van der Waals surface area contributed by atoms with E-state index in [1.807, 2.05) is 31.2 Å². The summed E-state index contributed by atoms with van der Waals surface area (Å²) in [5.41, 5.74) is -0.172. The molecule has 1 saturated carbocycles. The Bertz CT molecular complexity index is 720. The van der Waals surface area contributed by atoms with Gasteiger partial charge in [-0.25, -0.2) is 0 Å². The molecule has 1 heterocycles. The minimum absolute atomic E-state index is 0.0365. The number of esters is 2. The maximum absolute atomic E-state index is 12.8. The zero-order chi connectivity index (χ0) is 18.9. The van der Waals surface area contributed by atoms with Crippen molar-refractivity contribution in [1.29, 1.82) is 0 Å². The average molecular weight is 358 g/mol. The normalized spacial score (nSPS) is 26.1. The predicted octanol–water partition coefficient (Wildman–Crippen LogP) is 3.46. The molecule has 3 rings (SSSR count). The van der Waals surface area contributed by atoms with Crippen molar-refractivity contribution in [3.63, 3.8) is 0 Å². The highest BCUT2D eigenvalue weighted by Crippen LogP contribution is 2.53. The van der Waals surface area contributed by atoms with Gasteiger partial charge in [0.25, 0.3) is 0 Å². The molecule has 0 unspecified atom stereocenters. The number of fused-ring (bicyclic) bond motifs is 2. The molecule has 0 bridgehead atoms. The topological polar surface area (TPSA) is 61.8 Å². The van der Waals surface area contributed by atoms with E-state index in [0.29, 0.717) is 0 Å². The van der Waals surface area contributed by atoms with E-state index in [1.54, 1.807) is 13.8 Å². The predicted molar refractivity (Wildman–Crippen MR) is 96.7 cm³/mol. The Hall–Kier alpha value is -2.30. The third-order valence-electron chi connectivity index (χ3n) is 5.48. The molecule has 1 aromatic rings. The molecule has 1 aliphatic heterocycles. The fourth-order valence-corrected chi connectivity index (χ4v) is 4.35. The molecule has 0 aromatic heterocycles. The summed E-state index contributed by atoms with van der Waals surface area (Å²) < 4.78 is 16.8. The molecule has 2 aliphatic rings. The number of hydrogen-bond donors (Lipinski definition) is 0. The number of hydrogen-bond acceptors (Lipinski definition) is 5. The third-order valence-corrected chi connectivity index (χ3v) is 5.48. The number of carbonyl (C=O) groups excluding carboxylic acids is 2. The molecule has 26 heavy (non-hydrogen) atoms. The fraction of sp³-hybridized carbons (Fsp3) is 0.524. The van der Waals surface area contributed by atoms with Gasteiger partial charge in [-0.3, -0.25) is 9.59 Å². The quantitative estimate of drug-likeness (QED) is 0.469. The van der Waals surface area contributed by atoms with E-state index in [2.05, 4.69) is 6.58 Å². The number of para-hydroxylation sites is 1. The second-order valence-electron chi connectivity index (χ2n) is 7.31. The molecule has 140 valence electrons. The summed E-state index contributed by atoms with van der Waals surface area (Å²) in [5.74, 6) is -0.277. The third kappa shape index (κ3) is 2.89. The van der Waals surface area contributed by atoms with Crippen LogP contribution in [-0.2, 0) is 25.5 Å². The maximum Gasteiger partial charge on any atom is 0.323 e. The van der Waals surface area contributed by atoms with Crippen molar-refractivity contribution < 1.29 is 23.8 Å². The lowest BCUT2D eigenvalue weighted by molar-refractivity contribution is -0.181. The second kappa shape index (κ2) is 6.78. The molecule has 1 fully saturated rings. The van der Waals surface area contributed by atoms with Crippen LogP contribution in [-0.4, -0.2) is 30.8 Å². The van der Waals surface area contributed by atoms with E-state index in [4.69, 9.17) is 14.2 Å². The second-order valence-corrected chi connectivity index (χ2v) is 7.31. The molecule has 0 radical (unpaired) electrons. The van der Waals surface area contributed by atoms with Gasteiger partial charge in [-0.05, 0) is 45.2 Å². The van der Waals surface area contributed by atoms with Crippen LogP contribution in [0.4, 0.5) is 0 Å². The van der Waals surface area contributed by atoms with Crippen LogP contribution in [0.15, 0.2) is 36.4 Å². The van der Waals surface area contributed by atoms with E-state index in [9.17, 15) is 9.59 Å². The highest BCUT2D eigenvalue weighted by Gasteiger charge is 2.61. The van der Waals surface area contributed by atoms with Gasteiger partial charge in [0, 0.05) is 12.3 Å². The van der Waals surface area contributed by atoms with Gasteiger partial charge in [-0.1, -0.05) is 30.4 Å². The van der Waals surface area contributed by atoms with Gasteiger partial charge in [0.1, 0.15) is 11.4 Å². The smallest absolute Gasteiger partial charge is 0.323 e. The van der Waals surface area contributed by atoms with E-state index in [-0.39, 0.29) is 32.0 Å². The van der Waals surface area contributed by atoms with Crippen molar-refractivity contribution in [1.82, 2.24) is 0 Å². The van der Waals surface area contributed by atoms with Crippen LogP contribution in [0, 0.1) is 11.3 Å². The lowest BCUT2D eigenvalue weighted by atomic mass is 9.59. The summed E-state index contributed by atoms with van der Waals surface area (Å²) in [6.07, 6.45) is 1.24. The Labute approximate surface area is 154 Å². The number of benzene rings is 1. The summed E-state index contributed by atoms with van der Waals surface area (Å²) in [5, 5.41) is 0. The first kappa shape index (κ1) is 18.5. The van der Waals surface area contributed by atoms with Gasteiger partial charge in [0.05, 0.1) is 13.2 Å². The van der Waals surface area contributed by atoms with Gasteiger partial charge >= 0.3 is 11.9 Å². The Kier molecular flexibility index (Phi) is 4.82. The van der Waals surface area contributed by atoms with Gasteiger partial charge in [0.2, 0.25) is 0 Å². The van der Waals surface area contributed by atoms with Crippen molar-refractivity contribution in [3.8, 4) is 5.75 Å². The van der Waals surface area contributed by atoms with Crippen molar-refractivity contribution in [3.05, 3.63) is 42.0 Å². The first-order chi connectivity index (χ1) is 12.4. The maximum atomic E-state index is 12.8. The van der Waals surface area contributed by atoms with Gasteiger partial charge in [0.15, 0.2) is 5.41 Å². The van der Waals surface area contributed by atoms with Crippen molar-refractivity contribution in [2.75, 3.05) is 13.2 Å². The Balaban J connectivity index is 2.02. The van der Waals surface area contributed by atoms with Gasteiger partial charge < -0.3 is 14.2 Å². The van der Waals surface area contributed by atoms with E-state index in [1.165, 1.54) is 0 Å². The summed E-state index contributed by atoms with van der Waals surface area (Å²) in [6.45, 7) is 10.0. The number of carbonyl (C=O) groups is 2. The lowest BCUT2D eigenvalue weighted by Gasteiger charge is -2.51. The molecule has 5 nitrogen and oxygen atoms in total. The van der Waals surface area contributed by atoms with Crippen molar-refractivity contribution >= 4 is 11.9 Å². The molecule has 5 heteroatoms. The molecule has 2 atom stereocenters. The van der Waals surface area contributed by atoms with Crippen LogP contribution >= 0.6 is 0 Å². The SMILES string of the molecule is C=C1CC(C(=O)OCC)(C(=O)OCC)C[C@@]2(C)Oc3ccccc3C[C@H]12. The monoisotopic (exact) mass is 358 g/mol. The highest BCUT2D eigenvalue weighted by atomic mass is 16.6. The summed E-state index contributed by atoms with van der Waals surface area (Å²) in [4.78, 5) is 25.6. The highest BCUT2D eigenvalue weighted by molar-refractivity contribution is 6.01. The summed E-state index contributed by atoms with van der Waals surface area (Å²) >= 11 is 0. The van der Waals surface area contributed by atoms with Crippen molar-refractivity contribution in [2.45, 2.75) is 45.6 Å². The average Bonchev–Trinajstić information content (AvgIpc) is 2.60. The Morgan fingerprint density at radius 2 is 1.81 bits per heavy atom. The summed E-state index contributed by atoms with van der Waals surface area (Å²) in [6, 6.07) is 7.87. The van der Waals surface area contributed by atoms with E-state index in [0.717, 1.165) is 23.3 Å². The molecule has 1 aliphatic carbocycles. The van der Waals surface area contributed by atoms with E-state index < -0.39 is 23.0 Å². The van der Waals surface area contributed by atoms with Crippen molar-refractivity contribution in [2.24, 2.45) is 11.3 Å². The Morgan fingerprint density at radius 3 is 2.42 bits per heavy atom. The first-order valence-electron chi connectivity index (χ1n) is 9.15. The Morgan fingerprint density at radius 1 is 1.19 bits per heavy atom. The molecule has 0 saturated heterocycles. The fourth-order valence-electron chi connectivity index (χ4n) is 4.35. The first-order valence-corrected chi connectivity index (χ1v) is 9.15. The van der Waals surface area contributed by atoms with Crippen LogP contribution in [0.25, 0.3) is 0 Å². The standard InChI is InChI=1S/C21H26O5/c1-5-24-18(22)21(19(23)25-6-2)12-14(3)16-11-15-9-7-8-10-17(15)26-20(16,4)13-21/h7-10,16H,3,5-6,11-13H2,1-2,4H3/t16-,20-/m1/s1. The largest absolute Gasteiger partial charge is 0.487 e. The van der Waals surface area contributed by atoms with Crippen LogP contribution in [0.5, 0.6) is 5.75 Å². The van der Waals surface area contributed by atoms with E-state index >= 15 is 0 Å². The van der Waals surface area contributed by atoms with Crippen LogP contribution in [0.3, 0.4) is 0 Å². The molecular formula is C21H26O5. The van der Waals surface area contributed by atoms with Gasteiger partial charge in [-0.15, -0.1) is 0 Å².